The summed E-state index contributed by atoms with van der Waals surface area (Å²) in [7, 11) is 0. The van der Waals surface area contributed by atoms with Crippen molar-refractivity contribution >= 4 is 78.2 Å². The van der Waals surface area contributed by atoms with Crippen LogP contribution in [0.5, 0.6) is 0 Å². The molecule has 11 aromatic carbocycles. The van der Waals surface area contributed by atoms with Gasteiger partial charge in [-0.05, 0) is 197 Å². The van der Waals surface area contributed by atoms with Crippen LogP contribution in [0.25, 0.3) is 144 Å². The smallest absolute Gasteiger partial charge is 0.155 e. The first-order valence-electron chi connectivity index (χ1n) is 41.3. The van der Waals surface area contributed by atoms with Gasteiger partial charge in [0.1, 0.15) is 0 Å². The van der Waals surface area contributed by atoms with Crippen molar-refractivity contribution in [1.82, 2.24) is 24.9 Å². The van der Waals surface area contributed by atoms with Crippen molar-refractivity contribution in [3.05, 3.63) is 414 Å². The topological polar surface area (TPSA) is 237 Å². The molecule has 0 spiro atoms. The van der Waals surface area contributed by atoms with Gasteiger partial charge in [-0.2, -0.15) is 5.26 Å². The van der Waals surface area contributed by atoms with Gasteiger partial charge < -0.3 is 20.4 Å². The van der Waals surface area contributed by atoms with E-state index >= 15 is 0 Å². The fraction of sp³-hybridized carbons (Fsp3) is 0.115. The van der Waals surface area contributed by atoms with E-state index in [0.29, 0.717) is 5.56 Å². The second-order valence-electron chi connectivity index (χ2n) is 30.2. The summed E-state index contributed by atoms with van der Waals surface area (Å²) in [4.78, 5) is 65.2. The maximum Gasteiger partial charge on any atom is 0.155 e. The molecule has 0 aliphatic carbocycles. The third-order valence-corrected chi connectivity index (χ3v) is 20.0. The first-order valence-corrected chi connectivity index (χ1v) is 42.1. The number of rotatable bonds is 13. The van der Waals surface area contributed by atoms with Crippen LogP contribution in [-0.2, 0) is 99.6 Å². The second-order valence-corrected chi connectivity index (χ2v) is 31.1. The monoisotopic (exact) mass is 2470 g/mol. The number of hydrogen-bond acceptors (Lipinski definition) is 15. The number of nitrogens with zero attached hydrogens (tertiary/aromatic N) is 6. The third-order valence-electron chi connectivity index (χ3n) is 19.1. The van der Waals surface area contributed by atoms with Crippen LogP contribution >= 0.6 is 11.3 Å². The molecule has 0 saturated carbocycles. The number of para-hydroxylation sites is 3. The first-order chi connectivity index (χ1) is 61.6. The van der Waals surface area contributed by atoms with Gasteiger partial charge in [0, 0.05) is 116 Å². The first kappa shape index (κ1) is 108. The van der Waals surface area contributed by atoms with Crippen molar-refractivity contribution in [3.63, 3.8) is 0 Å². The molecule has 4 radical (unpaired) electrons. The zero-order valence-corrected chi connectivity index (χ0v) is 85.5. The Labute approximate surface area is 830 Å². The van der Waals surface area contributed by atoms with Crippen molar-refractivity contribution in [1.29, 1.82) is 5.26 Å². The second kappa shape index (κ2) is 53.8. The standard InChI is InChI=1S/C25H16NS.C23H15N2.C23H18N.C22H17N2.4C5H8O2.4Ir/c1-2-8-18(9-3-1)19-11-6-12-21(16-19)25-22(24-14-7-15-27-24)17-20-10-4-5-13-23(20)26-25;1-16-13-18-7-3-5-12-22(18)25-23(16)19-10-6-9-17(14-19)21-11-4-2-8-20(21)15-24;1-16-12-20(18-8-4-3-5-9-18)15-21(13-16)23-17(2)14-19-10-6-7-11-22(19)24-23;1-15-11-18(17-7-4-3-5-8-17)14-19(12-15)22-16(2)13-21-20(24-22)9-6-10-23-21;4*1-4(6)3-5(2)7;;;;/h1-11,13-17H;2-9,11-14H,1H3;3-12,14-15H,1-2H3;3-11,13-14H,1-2H3;4*3,6H,1-2H3;;;;/q4*-1;;;;;;;;. The summed E-state index contributed by atoms with van der Waals surface area (Å²) in [6.45, 7) is 21.8. The number of nitriles is 1. The zero-order chi connectivity index (χ0) is 91.8. The molecule has 0 unspecified atom stereocenters. The Bertz CT molecular complexity index is 6660. The molecule has 0 aliphatic heterocycles. The molecular weight excluding hydrogens is 2370 g/mol. The molecule has 132 heavy (non-hydrogen) atoms. The summed E-state index contributed by atoms with van der Waals surface area (Å²) in [5.74, 6) is -0.250. The Kier molecular flexibility index (Phi) is 43.9. The Morgan fingerprint density at radius 3 is 1.09 bits per heavy atom. The summed E-state index contributed by atoms with van der Waals surface area (Å²) < 4.78 is 0. The van der Waals surface area contributed by atoms with E-state index in [2.05, 4.69) is 269 Å². The van der Waals surface area contributed by atoms with Crippen LogP contribution in [0.3, 0.4) is 0 Å². The van der Waals surface area contributed by atoms with Gasteiger partial charge in [0.15, 0.2) is 23.1 Å². The van der Waals surface area contributed by atoms with E-state index in [-0.39, 0.29) is 127 Å². The van der Waals surface area contributed by atoms with Crippen LogP contribution in [0.2, 0.25) is 0 Å². The molecule has 0 fully saturated rings. The van der Waals surface area contributed by atoms with E-state index in [9.17, 15) is 24.4 Å². The molecule has 0 saturated heterocycles. The van der Waals surface area contributed by atoms with Crippen LogP contribution in [0.4, 0.5) is 0 Å². The van der Waals surface area contributed by atoms with Crippen molar-refractivity contribution < 1.29 is 120 Å². The number of hydrogen-bond donors (Lipinski definition) is 4. The number of carbonyl (C=O) groups excluding carboxylic acids is 4. The SMILES string of the molecule is CC(=O)C=C(C)O.CC(=O)C=C(C)O.CC(=O)C=C(C)O.CC(=O)C=C(C)O.Cc1[c-]c(-c2nc3ccccc3cc2C)cc(-c2ccccc2)c1.Cc1[c-]c(-c2nc3cccnc3cc2C)cc(-c2ccccc2)c1.Cc1cc2ccccc2nc1-c1[c-]ccc(-c2ccccc2C#N)c1.[Ir].[Ir].[Ir].[Ir].[c-]1ccc(-c2ccccc2)cc1-c1nc2ccccc2cc1-c1cccs1. The van der Waals surface area contributed by atoms with E-state index in [4.69, 9.17) is 40.4 Å². The molecule has 14 nitrogen and oxygen atoms in total. The minimum absolute atomic E-state index is 0. The van der Waals surface area contributed by atoms with Crippen LogP contribution in [0.1, 0.15) is 88.8 Å². The Balaban J connectivity index is 0.000000244. The quantitative estimate of drug-likeness (QED) is 0.0477. The maximum atomic E-state index is 10.0. The number of pyridine rings is 5. The number of benzene rings is 11. The molecule has 17 rings (SSSR count). The summed E-state index contributed by atoms with van der Waals surface area (Å²) in [5, 5.41) is 48.4. The van der Waals surface area contributed by atoms with Crippen LogP contribution < -0.4 is 0 Å². The van der Waals surface area contributed by atoms with Gasteiger partial charge in [0.25, 0.3) is 0 Å². The molecule has 0 atom stereocenters. The number of ketones is 4. The van der Waals surface area contributed by atoms with Gasteiger partial charge in [-0.15, -0.1) is 146 Å². The number of thiophene rings is 1. The largest absolute Gasteiger partial charge is 0.512 e. The van der Waals surface area contributed by atoms with E-state index < -0.39 is 0 Å². The van der Waals surface area contributed by atoms with Gasteiger partial charge in [-0.25, -0.2) is 0 Å². The van der Waals surface area contributed by atoms with Crippen molar-refractivity contribution in [2.75, 3.05) is 0 Å². The van der Waals surface area contributed by atoms with E-state index in [1.807, 2.05) is 103 Å². The van der Waals surface area contributed by atoms with Crippen LogP contribution in [0, 0.1) is 70.2 Å². The van der Waals surface area contributed by atoms with Gasteiger partial charge in [-0.3, -0.25) is 44.1 Å². The van der Waals surface area contributed by atoms with Crippen molar-refractivity contribution in [2.45, 2.75) is 90.0 Å². The number of aromatic nitrogens is 5. The molecular formula is C113H98Ir4N6O8S-4. The van der Waals surface area contributed by atoms with Crippen LogP contribution in [0.15, 0.2) is 356 Å². The number of carbonyl (C=O) groups is 4. The predicted molar refractivity (Wildman–Crippen MR) is 524 cm³/mol. The Morgan fingerprint density at radius 2 is 0.674 bits per heavy atom. The van der Waals surface area contributed by atoms with E-state index in [0.717, 1.165) is 122 Å². The van der Waals surface area contributed by atoms with Crippen LogP contribution in [-0.4, -0.2) is 68.5 Å². The number of aliphatic hydroxyl groups excluding tert-OH is 4. The molecule has 17 aromatic rings. The molecule has 6 heterocycles. The van der Waals surface area contributed by atoms with Gasteiger partial charge in [0.05, 0.1) is 62.3 Å². The Hall–Kier alpha value is -13.2. The fourth-order valence-electron chi connectivity index (χ4n) is 13.8. The summed E-state index contributed by atoms with van der Waals surface area (Å²) in [6.07, 6.45) is 6.47. The zero-order valence-electron chi connectivity index (χ0n) is 75.1. The molecule has 19 heteroatoms. The summed E-state index contributed by atoms with van der Waals surface area (Å²) >= 11 is 1.74. The van der Waals surface area contributed by atoms with Gasteiger partial charge in [0.2, 0.25) is 0 Å². The van der Waals surface area contributed by atoms with Gasteiger partial charge in [-0.1, -0.05) is 224 Å². The predicted octanol–water partition coefficient (Wildman–Crippen LogP) is 28.2. The molecule has 6 aromatic heterocycles. The number of aryl methyl sites for hydroxylation is 5. The summed E-state index contributed by atoms with van der Waals surface area (Å²) in [5.41, 5.74) is 29.3. The van der Waals surface area contributed by atoms with Gasteiger partial charge >= 0.3 is 0 Å². The summed E-state index contributed by atoms with van der Waals surface area (Å²) in [6, 6.07) is 117. The number of allylic oxidation sites excluding steroid dienone is 8. The molecule has 0 amide bonds. The molecule has 0 bridgehead atoms. The minimum atomic E-state index is -0.125. The van der Waals surface area contributed by atoms with Crippen molar-refractivity contribution in [3.8, 4) is 106 Å². The normalized spacial score (nSPS) is 10.6. The average molecular weight is 2470 g/mol. The Morgan fingerprint density at radius 1 is 0.326 bits per heavy atom. The average Bonchev–Trinajstić information content (AvgIpc) is 1.06. The third kappa shape index (κ3) is 32.7. The molecule has 0 aliphatic rings. The maximum absolute atomic E-state index is 10.0. The number of fused-ring (bicyclic) bond motifs is 4. The molecule has 674 valence electrons. The fourth-order valence-corrected chi connectivity index (χ4v) is 14.5. The minimum Gasteiger partial charge on any atom is -0.512 e. The van der Waals surface area contributed by atoms with E-state index in [1.54, 1.807) is 17.5 Å². The molecule has 4 N–H and O–H groups in total. The van der Waals surface area contributed by atoms with E-state index in [1.165, 1.54) is 129 Å². The number of aliphatic hydroxyl groups is 4. The van der Waals surface area contributed by atoms with Crippen molar-refractivity contribution in [2.24, 2.45) is 0 Å².